The Bertz CT molecular complexity index is 392. The number of halogens is 3. The maximum atomic E-state index is 12.4. The fourth-order valence-corrected chi connectivity index (χ4v) is 1.91. The lowest BCUT2D eigenvalue weighted by Gasteiger charge is -2.28. The lowest BCUT2D eigenvalue weighted by atomic mass is 9.97. The second kappa shape index (κ2) is 6.38. The molecule has 0 aliphatic carbocycles. The van der Waals surface area contributed by atoms with E-state index in [0.717, 1.165) is 18.9 Å². The second-order valence-electron chi connectivity index (χ2n) is 4.84. The van der Waals surface area contributed by atoms with Gasteiger partial charge in [0.2, 0.25) is 0 Å². The van der Waals surface area contributed by atoms with E-state index in [1.54, 1.807) is 0 Å². The van der Waals surface area contributed by atoms with Gasteiger partial charge in [-0.3, -0.25) is 4.68 Å². The number of aromatic nitrogens is 2. The molecule has 1 aromatic rings. The van der Waals surface area contributed by atoms with Crippen LogP contribution >= 0.6 is 0 Å². The zero-order valence-corrected chi connectivity index (χ0v) is 11.2. The molecule has 0 bridgehead atoms. The van der Waals surface area contributed by atoms with Crippen molar-refractivity contribution in [2.75, 3.05) is 13.2 Å². The van der Waals surface area contributed by atoms with Crippen LogP contribution in [0, 0.1) is 0 Å². The summed E-state index contributed by atoms with van der Waals surface area (Å²) in [4.78, 5) is 0. The summed E-state index contributed by atoms with van der Waals surface area (Å²) in [5.41, 5.74) is -1.13. The Balaban J connectivity index is 2.47. The van der Waals surface area contributed by atoms with Gasteiger partial charge in [0.15, 0.2) is 0 Å². The van der Waals surface area contributed by atoms with Crippen molar-refractivity contribution in [3.8, 4) is 0 Å². The van der Waals surface area contributed by atoms with Gasteiger partial charge in [-0.05, 0) is 26.3 Å². The average molecular weight is 279 g/mol. The third-order valence-electron chi connectivity index (χ3n) is 3.03. The van der Waals surface area contributed by atoms with Crippen LogP contribution in [-0.2, 0) is 12.7 Å². The molecule has 2 N–H and O–H groups in total. The quantitative estimate of drug-likeness (QED) is 0.803. The molecule has 1 heterocycles. The first-order valence-corrected chi connectivity index (χ1v) is 6.26. The fourth-order valence-electron chi connectivity index (χ4n) is 1.91. The molecule has 0 radical (unpaired) electrons. The molecule has 0 aliphatic heterocycles. The van der Waals surface area contributed by atoms with Gasteiger partial charge in [0.25, 0.3) is 0 Å². The lowest BCUT2D eigenvalue weighted by Crippen LogP contribution is -2.45. The van der Waals surface area contributed by atoms with Crippen molar-refractivity contribution in [1.82, 2.24) is 15.1 Å². The van der Waals surface area contributed by atoms with Crippen molar-refractivity contribution in [1.29, 1.82) is 0 Å². The minimum Gasteiger partial charge on any atom is -0.394 e. The summed E-state index contributed by atoms with van der Waals surface area (Å²) in [7, 11) is 0. The number of nitrogens with one attached hydrogen (secondary N) is 1. The predicted molar refractivity (Wildman–Crippen MR) is 65.6 cm³/mol. The Hall–Kier alpha value is -1.08. The minimum absolute atomic E-state index is 0.00620. The number of aliphatic hydroxyl groups excluding tert-OH is 1. The van der Waals surface area contributed by atoms with Crippen LogP contribution in [0.15, 0.2) is 12.4 Å². The maximum Gasteiger partial charge on any atom is 0.419 e. The van der Waals surface area contributed by atoms with Crippen molar-refractivity contribution < 1.29 is 18.3 Å². The van der Waals surface area contributed by atoms with Crippen molar-refractivity contribution in [3.63, 3.8) is 0 Å². The number of nitrogens with zero attached hydrogens (tertiary/aromatic N) is 2. The molecule has 0 aliphatic rings. The van der Waals surface area contributed by atoms with E-state index < -0.39 is 17.3 Å². The van der Waals surface area contributed by atoms with Crippen LogP contribution in [-0.4, -0.2) is 33.6 Å². The van der Waals surface area contributed by atoms with Crippen LogP contribution in [0.2, 0.25) is 0 Å². The van der Waals surface area contributed by atoms with Crippen LogP contribution in [0.4, 0.5) is 13.2 Å². The molecule has 1 aromatic heterocycles. The number of hydrogen-bond acceptors (Lipinski definition) is 3. The standard InChI is InChI=1S/C12H20F3N3O/c1-3-16-11(2,9-19)5-4-6-18-8-10(7-17-18)12(13,14)15/h7-8,16,19H,3-6,9H2,1-2H3. The Morgan fingerprint density at radius 2 is 2.11 bits per heavy atom. The van der Waals surface area contributed by atoms with Crippen LogP contribution in [0.25, 0.3) is 0 Å². The normalized spacial score (nSPS) is 15.5. The highest BCUT2D eigenvalue weighted by Crippen LogP contribution is 2.28. The van der Waals surface area contributed by atoms with Crippen LogP contribution in [0.1, 0.15) is 32.3 Å². The van der Waals surface area contributed by atoms with Gasteiger partial charge in [-0.2, -0.15) is 18.3 Å². The van der Waals surface area contributed by atoms with Gasteiger partial charge < -0.3 is 10.4 Å². The Kier molecular flexibility index (Phi) is 5.37. The molecule has 0 saturated carbocycles. The molecule has 110 valence electrons. The first kappa shape index (κ1) is 16.0. The van der Waals surface area contributed by atoms with Gasteiger partial charge in [-0.1, -0.05) is 6.92 Å². The smallest absolute Gasteiger partial charge is 0.394 e. The molecule has 1 rings (SSSR count). The Morgan fingerprint density at radius 1 is 1.42 bits per heavy atom. The van der Waals surface area contributed by atoms with E-state index in [1.807, 2.05) is 13.8 Å². The summed E-state index contributed by atoms with van der Waals surface area (Å²) in [6.07, 6.45) is -1.21. The first-order valence-electron chi connectivity index (χ1n) is 6.26. The summed E-state index contributed by atoms with van der Waals surface area (Å²) in [6, 6.07) is 0. The number of rotatable bonds is 7. The van der Waals surface area contributed by atoms with E-state index in [4.69, 9.17) is 0 Å². The second-order valence-corrected chi connectivity index (χ2v) is 4.84. The number of aliphatic hydroxyl groups is 1. The molecule has 0 saturated heterocycles. The van der Waals surface area contributed by atoms with E-state index in [2.05, 4.69) is 10.4 Å². The highest BCUT2D eigenvalue weighted by molar-refractivity contribution is 5.08. The van der Waals surface area contributed by atoms with Gasteiger partial charge in [0.1, 0.15) is 0 Å². The monoisotopic (exact) mass is 279 g/mol. The zero-order chi connectivity index (χ0) is 14.5. The minimum atomic E-state index is -4.35. The van der Waals surface area contributed by atoms with Crippen LogP contribution in [0.3, 0.4) is 0 Å². The largest absolute Gasteiger partial charge is 0.419 e. The van der Waals surface area contributed by atoms with Crippen molar-refractivity contribution >= 4 is 0 Å². The van der Waals surface area contributed by atoms with Crippen molar-refractivity contribution in [2.45, 2.75) is 44.9 Å². The topological polar surface area (TPSA) is 50.1 Å². The van der Waals surface area contributed by atoms with Crippen LogP contribution < -0.4 is 5.32 Å². The van der Waals surface area contributed by atoms with Gasteiger partial charge in [0, 0.05) is 18.3 Å². The summed E-state index contributed by atoms with van der Waals surface area (Å²) < 4.78 is 38.4. The molecule has 0 amide bonds. The maximum absolute atomic E-state index is 12.4. The van der Waals surface area contributed by atoms with E-state index in [9.17, 15) is 18.3 Å². The van der Waals surface area contributed by atoms with E-state index >= 15 is 0 Å². The van der Waals surface area contributed by atoms with Gasteiger partial charge in [0.05, 0.1) is 18.4 Å². The Labute approximate surface area is 110 Å². The van der Waals surface area contributed by atoms with Crippen LogP contribution in [0.5, 0.6) is 0 Å². The van der Waals surface area contributed by atoms with Crippen molar-refractivity contribution in [2.24, 2.45) is 0 Å². The highest BCUT2D eigenvalue weighted by atomic mass is 19.4. The predicted octanol–water partition coefficient (Wildman–Crippen LogP) is 2.04. The van der Waals surface area contributed by atoms with E-state index in [0.29, 0.717) is 19.4 Å². The lowest BCUT2D eigenvalue weighted by molar-refractivity contribution is -0.137. The summed E-state index contributed by atoms with van der Waals surface area (Å²) >= 11 is 0. The third-order valence-corrected chi connectivity index (χ3v) is 3.03. The summed E-state index contributed by atoms with van der Waals surface area (Å²) in [5.74, 6) is 0. The highest BCUT2D eigenvalue weighted by Gasteiger charge is 2.32. The van der Waals surface area contributed by atoms with E-state index in [1.165, 1.54) is 4.68 Å². The molecule has 0 aromatic carbocycles. The molecular formula is C12H20F3N3O. The zero-order valence-electron chi connectivity index (χ0n) is 11.2. The third kappa shape index (κ3) is 4.83. The molecular weight excluding hydrogens is 259 g/mol. The van der Waals surface area contributed by atoms with E-state index in [-0.39, 0.29) is 6.61 Å². The molecule has 0 fully saturated rings. The molecule has 19 heavy (non-hydrogen) atoms. The molecule has 0 spiro atoms. The van der Waals surface area contributed by atoms with Crippen molar-refractivity contribution in [3.05, 3.63) is 18.0 Å². The molecule has 7 heteroatoms. The van der Waals surface area contributed by atoms with Gasteiger partial charge in [-0.25, -0.2) is 0 Å². The fraction of sp³-hybridized carbons (Fsp3) is 0.750. The molecule has 1 unspecified atom stereocenters. The molecule has 1 atom stereocenters. The average Bonchev–Trinajstić information content (AvgIpc) is 2.78. The number of likely N-dealkylation sites (N-methyl/N-ethyl adjacent to an activating group) is 1. The number of aryl methyl sites for hydroxylation is 1. The molecule has 4 nitrogen and oxygen atoms in total. The summed E-state index contributed by atoms with van der Waals surface area (Å²) in [6.45, 7) is 4.96. The van der Waals surface area contributed by atoms with Gasteiger partial charge in [-0.15, -0.1) is 0 Å². The SMILES string of the molecule is CCNC(C)(CO)CCCn1cc(C(F)(F)F)cn1. The summed E-state index contributed by atoms with van der Waals surface area (Å²) in [5, 5.41) is 16.1. The number of hydrogen-bond donors (Lipinski definition) is 2. The first-order chi connectivity index (χ1) is 8.80. The Morgan fingerprint density at radius 3 is 2.58 bits per heavy atom. The van der Waals surface area contributed by atoms with Gasteiger partial charge >= 0.3 is 6.18 Å². The number of alkyl halides is 3.